The summed E-state index contributed by atoms with van der Waals surface area (Å²) in [5.74, 6) is -5.26. The first-order valence-electron chi connectivity index (χ1n) is 17.2. The minimum Gasteiger partial charge on any atom is -0.481 e. The summed E-state index contributed by atoms with van der Waals surface area (Å²) in [4.78, 5) is 75.2. The normalized spacial score (nSPS) is 13.6. The minimum atomic E-state index is -1.46. The van der Waals surface area contributed by atoms with E-state index in [1.165, 1.54) is 0 Å². The number of aliphatic carboxylic acids is 2. The molecule has 5 N–H and O–H groups in total. The van der Waals surface area contributed by atoms with Crippen LogP contribution in [0.3, 0.4) is 0 Å². The average Bonchev–Trinajstić information content (AvgIpc) is 3.67. The third-order valence-corrected chi connectivity index (χ3v) is 10.2. The Kier molecular flexibility index (Phi) is 11.9. The van der Waals surface area contributed by atoms with Gasteiger partial charge in [0, 0.05) is 24.0 Å². The SMILES string of the molecule is O=C(O)CC[C@H](NC(=O)OCC1c2ccccc2-c2ccccc21)C(=O)N[C@@H](CSC(=O)OCC1c2ccccc2-c2ccccc21)C(=O)NCC(=O)O. The standard InChI is InChI=1S/C40H37N3O10S/c44-35(45)18-17-33(43-39(50)52-20-31-27-13-5-1-9-23(27)24-10-2-6-14-28(24)31)38(49)42-34(37(48)41-19-36(46)47)22-54-40(51)53-21-32-29-15-7-3-11-25(29)26-12-4-8-16-30(26)32/h1-16,31-34H,17-22H2,(H,41,48)(H,42,49)(H,43,50)(H,44,45)(H,46,47)/t33-,34-/m0/s1. The lowest BCUT2D eigenvalue weighted by atomic mass is 9.98. The van der Waals surface area contributed by atoms with Crippen molar-refractivity contribution in [2.45, 2.75) is 36.8 Å². The first-order valence-corrected chi connectivity index (χ1v) is 18.2. The van der Waals surface area contributed by atoms with Gasteiger partial charge in [0.25, 0.3) is 0 Å². The zero-order chi connectivity index (χ0) is 38.2. The minimum absolute atomic E-state index is 0.0173. The van der Waals surface area contributed by atoms with Crippen LogP contribution in [-0.2, 0) is 28.7 Å². The van der Waals surface area contributed by atoms with E-state index in [4.69, 9.17) is 14.6 Å². The lowest BCUT2D eigenvalue weighted by molar-refractivity contribution is -0.138. The van der Waals surface area contributed by atoms with Crippen molar-refractivity contribution in [2.75, 3.05) is 25.5 Å². The van der Waals surface area contributed by atoms with Crippen LogP contribution < -0.4 is 16.0 Å². The number of carbonyl (C=O) groups is 6. The number of amides is 3. The molecule has 4 aromatic rings. The molecular weight excluding hydrogens is 715 g/mol. The number of hydrogen-bond acceptors (Lipinski definition) is 9. The van der Waals surface area contributed by atoms with Crippen molar-refractivity contribution in [2.24, 2.45) is 0 Å². The second kappa shape index (κ2) is 17.1. The van der Waals surface area contributed by atoms with E-state index in [0.29, 0.717) is 11.8 Å². The summed E-state index contributed by atoms with van der Waals surface area (Å²) in [7, 11) is 0. The molecule has 0 bridgehead atoms. The van der Waals surface area contributed by atoms with Crippen LogP contribution >= 0.6 is 11.8 Å². The number of alkyl carbamates (subject to hydrolysis) is 1. The number of carboxylic acid groups (broad SMARTS) is 2. The van der Waals surface area contributed by atoms with Crippen LogP contribution in [-0.4, -0.2) is 83.0 Å². The number of rotatable bonds is 15. The van der Waals surface area contributed by atoms with Gasteiger partial charge in [-0.05, 0) is 62.7 Å². The lowest BCUT2D eigenvalue weighted by Crippen LogP contribution is -2.55. The largest absolute Gasteiger partial charge is 0.481 e. The van der Waals surface area contributed by atoms with Crippen molar-refractivity contribution < 1.29 is 48.5 Å². The number of carboxylic acids is 2. The molecule has 0 fully saturated rings. The number of carbonyl (C=O) groups excluding carboxylic acids is 4. The van der Waals surface area contributed by atoms with Gasteiger partial charge < -0.3 is 35.6 Å². The number of nitrogens with one attached hydrogen (secondary N) is 3. The van der Waals surface area contributed by atoms with Crippen molar-refractivity contribution in [3.8, 4) is 22.3 Å². The van der Waals surface area contributed by atoms with Gasteiger partial charge in [0.1, 0.15) is 31.8 Å². The van der Waals surface area contributed by atoms with Crippen LogP contribution in [0, 0.1) is 0 Å². The molecule has 0 heterocycles. The van der Waals surface area contributed by atoms with E-state index < -0.39 is 60.2 Å². The fourth-order valence-electron chi connectivity index (χ4n) is 6.84. The molecule has 6 rings (SSSR count). The molecule has 278 valence electrons. The third-order valence-electron chi connectivity index (χ3n) is 9.34. The highest BCUT2D eigenvalue weighted by molar-refractivity contribution is 8.13. The number of hydrogen-bond donors (Lipinski definition) is 5. The highest BCUT2D eigenvalue weighted by Gasteiger charge is 2.33. The Morgan fingerprint density at radius 3 is 1.52 bits per heavy atom. The second-order valence-electron chi connectivity index (χ2n) is 12.7. The lowest BCUT2D eigenvalue weighted by Gasteiger charge is -2.23. The maximum Gasteiger partial charge on any atom is 0.407 e. The Balaban J connectivity index is 1.08. The van der Waals surface area contributed by atoms with Gasteiger partial charge in [0.15, 0.2) is 0 Å². The summed E-state index contributed by atoms with van der Waals surface area (Å²) < 4.78 is 11.1. The topological polar surface area (TPSA) is 197 Å². The summed E-state index contributed by atoms with van der Waals surface area (Å²) in [5, 5.41) is 24.7. The second-order valence-corrected chi connectivity index (χ2v) is 13.7. The van der Waals surface area contributed by atoms with Gasteiger partial charge in [-0.15, -0.1) is 0 Å². The van der Waals surface area contributed by atoms with Crippen LogP contribution in [0.1, 0.15) is 46.9 Å². The molecule has 2 atom stereocenters. The Labute approximate surface area is 314 Å². The highest BCUT2D eigenvalue weighted by atomic mass is 32.2. The molecule has 14 heteroatoms. The van der Waals surface area contributed by atoms with Gasteiger partial charge in [-0.2, -0.15) is 0 Å². The molecular formula is C40H37N3O10S. The predicted molar refractivity (Wildman–Crippen MR) is 199 cm³/mol. The molecule has 3 amide bonds. The smallest absolute Gasteiger partial charge is 0.407 e. The van der Waals surface area contributed by atoms with Crippen LogP contribution in [0.5, 0.6) is 0 Å². The van der Waals surface area contributed by atoms with E-state index in [2.05, 4.69) is 16.0 Å². The first kappa shape index (κ1) is 37.6. The van der Waals surface area contributed by atoms with Gasteiger partial charge in [0.05, 0.1) is 0 Å². The van der Waals surface area contributed by atoms with Gasteiger partial charge in [-0.25, -0.2) is 9.59 Å². The van der Waals surface area contributed by atoms with Gasteiger partial charge >= 0.3 is 23.3 Å². The molecule has 0 radical (unpaired) electrons. The summed E-state index contributed by atoms with van der Waals surface area (Å²) >= 11 is 0.600. The van der Waals surface area contributed by atoms with Gasteiger partial charge in [-0.3, -0.25) is 19.2 Å². The molecule has 0 spiro atoms. The molecule has 0 saturated carbocycles. The Bertz CT molecular complexity index is 2000. The first-order chi connectivity index (χ1) is 26.1. The van der Waals surface area contributed by atoms with Crippen molar-refractivity contribution in [1.29, 1.82) is 0 Å². The van der Waals surface area contributed by atoms with E-state index in [1.54, 1.807) is 0 Å². The fourth-order valence-corrected chi connectivity index (χ4v) is 7.53. The van der Waals surface area contributed by atoms with Crippen molar-refractivity contribution in [3.05, 3.63) is 119 Å². The zero-order valence-corrected chi connectivity index (χ0v) is 29.7. The summed E-state index contributed by atoms with van der Waals surface area (Å²) in [6, 6.07) is 28.2. The van der Waals surface area contributed by atoms with Crippen molar-refractivity contribution >= 4 is 46.9 Å². The number of thioether (sulfide) groups is 1. The Morgan fingerprint density at radius 2 is 1.06 bits per heavy atom. The van der Waals surface area contributed by atoms with E-state index in [1.807, 2.05) is 97.1 Å². The van der Waals surface area contributed by atoms with Crippen LogP contribution in [0.2, 0.25) is 0 Å². The van der Waals surface area contributed by atoms with Crippen LogP contribution in [0.25, 0.3) is 22.3 Å². The average molecular weight is 752 g/mol. The predicted octanol–water partition coefficient (Wildman–Crippen LogP) is 5.13. The third kappa shape index (κ3) is 8.72. The summed E-state index contributed by atoms with van der Waals surface area (Å²) in [6.45, 7) is -0.811. The summed E-state index contributed by atoms with van der Waals surface area (Å²) in [5.41, 5.74) is 8.07. The van der Waals surface area contributed by atoms with Crippen LogP contribution in [0.4, 0.5) is 9.59 Å². The molecule has 13 nitrogen and oxygen atoms in total. The fraction of sp³-hybridized carbons (Fsp3) is 0.250. The van der Waals surface area contributed by atoms with E-state index in [-0.39, 0.29) is 37.2 Å². The Morgan fingerprint density at radius 1 is 0.593 bits per heavy atom. The van der Waals surface area contributed by atoms with E-state index in [9.17, 15) is 33.9 Å². The molecule has 54 heavy (non-hydrogen) atoms. The molecule has 0 aliphatic heterocycles. The molecule has 2 aliphatic rings. The Hall–Kier alpha value is -6.15. The molecule has 2 aliphatic carbocycles. The number of benzene rings is 4. The maximum absolute atomic E-state index is 13.5. The zero-order valence-electron chi connectivity index (χ0n) is 28.9. The van der Waals surface area contributed by atoms with Crippen molar-refractivity contribution in [3.63, 3.8) is 0 Å². The number of fused-ring (bicyclic) bond motifs is 6. The number of ether oxygens (including phenoxy) is 2. The van der Waals surface area contributed by atoms with Crippen molar-refractivity contribution in [1.82, 2.24) is 16.0 Å². The monoisotopic (exact) mass is 751 g/mol. The maximum atomic E-state index is 13.5. The molecule has 0 saturated heterocycles. The van der Waals surface area contributed by atoms with Crippen LogP contribution in [0.15, 0.2) is 97.1 Å². The summed E-state index contributed by atoms with van der Waals surface area (Å²) in [6.07, 6.45) is -1.84. The van der Waals surface area contributed by atoms with E-state index in [0.717, 1.165) is 44.5 Å². The molecule has 0 aromatic heterocycles. The van der Waals surface area contributed by atoms with E-state index >= 15 is 0 Å². The van der Waals surface area contributed by atoms with Gasteiger partial charge in [-0.1, -0.05) is 97.1 Å². The quantitative estimate of drug-likeness (QED) is 0.101. The highest BCUT2D eigenvalue weighted by Crippen LogP contribution is 2.45. The molecule has 4 aromatic carbocycles. The van der Waals surface area contributed by atoms with Gasteiger partial charge in [0.2, 0.25) is 11.8 Å². The molecule has 0 unspecified atom stereocenters.